The van der Waals surface area contributed by atoms with E-state index in [-0.39, 0.29) is 8.95 Å². The van der Waals surface area contributed by atoms with Crippen molar-refractivity contribution < 1.29 is 44.9 Å². The zero-order valence-corrected chi connectivity index (χ0v) is 24.5. The molecule has 0 aliphatic rings. The lowest BCUT2D eigenvalue weighted by Crippen LogP contribution is -2.33. The molecule has 7 nitrogen and oxygen atoms in total. The van der Waals surface area contributed by atoms with Crippen LogP contribution in [0.25, 0.3) is 11.1 Å². The Labute approximate surface area is 236 Å². The molecule has 0 saturated heterocycles. The molecule has 3 rings (SSSR count). The van der Waals surface area contributed by atoms with E-state index in [9.17, 15) is 30.5 Å². The maximum Gasteiger partial charge on any atom is 0.474 e. The number of phosphoric ester groups is 1. The lowest BCUT2D eigenvalue weighted by atomic mass is 10.0. The molecule has 3 aromatic carbocycles. The Balaban J connectivity index is 1.67. The van der Waals surface area contributed by atoms with Crippen molar-refractivity contribution in [3.63, 3.8) is 0 Å². The lowest BCUT2D eigenvalue weighted by Gasteiger charge is -2.19. The van der Waals surface area contributed by atoms with Crippen LogP contribution in [0.4, 0.5) is 17.6 Å². The molecular weight excluding hydrogens is 705 g/mol. The number of nitrogens with two attached hydrogens (primary N) is 1. The van der Waals surface area contributed by atoms with Crippen LogP contribution in [-0.4, -0.2) is 18.2 Å². The molecule has 0 saturated carbocycles. The third-order valence-electron chi connectivity index (χ3n) is 5.04. The standard InChI is InChI=1S/C22H18Br2F4NO6PS2/c23-19-8-6-16(10-18(19)22(27,28)38(29,33)34)15-4-1-13(2-5-15)11-37-12-14-3-7-17(20(24)9-14)21(25,26)35-36(30,31)32/h1-10H,11-12H2,(H2,29,33,34)(H2,30,31,32). The van der Waals surface area contributed by atoms with Gasteiger partial charge in [-0.3, -0.25) is 0 Å². The first-order chi connectivity index (χ1) is 17.4. The number of thioether (sulfide) groups is 1. The summed E-state index contributed by atoms with van der Waals surface area (Å²) >= 11 is 7.37. The van der Waals surface area contributed by atoms with Gasteiger partial charge in [0.05, 0.1) is 11.1 Å². The number of benzene rings is 3. The number of rotatable bonds is 10. The van der Waals surface area contributed by atoms with Crippen molar-refractivity contribution in [1.29, 1.82) is 0 Å². The van der Waals surface area contributed by atoms with Crippen LogP contribution in [0, 0.1) is 0 Å². The number of primary sulfonamides is 1. The quantitative estimate of drug-likeness (QED) is 0.155. The van der Waals surface area contributed by atoms with E-state index in [2.05, 4.69) is 36.4 Å². The number of hydrogen-bond donors (Lipinski definition) is 3. The van der Waals surface area contributed by atoms with Crippen molar-refractivity contribution in [3.8, 4) is 11.1 Å². The van der Waals surface area contributed by atoms with Crippen LogP contribution >= 0.6 is 51.4 Å². The first kappa shape index (κ1) is 31.2. The van der Waals surface area contributed by atoms with Gasteiger partial charge in [-0.05, 0) is 46.5 Å². The second-order valence-electron chi connectivity index (χ2n) is 7.86. The van der Waals surface area contributed by atoms with Gasteiger partial charge in [-0.1, -0.05) is 68.3 Å². The summed E-state index contributed by atoms with van der Waals surface area (Å²) < 4.78 is 93.5. The van der Waals surface area contributed by atoms with Crippen molar-refractivity contribution in [2.24, 2.45) is 5.14 Å². The molecule has 0 aliphatic carbocycles. The molecule has 0 heterocycles. The Bertz CT molecular complexity index is 1490. The Hall–Kier alpha value is -1.29. The van der Waals surface area contributed by atoms with E-state index < -0.39 is 40.3 Å². The van der Waals surface area contributed by atoms with E-state index in [0.29, 0.717) is 28.2 Å². The maximum atomic E-state index is 14.3. The second-order valence-corrected chi connectivity index (χ2v) is 13.3. The smallest absolute Gasteiger partial charge is 0.303 e. The predicted octanol–water partition coefficient (Wildman–Crippen LogP) is 6.81. The van der Waals surface area contributed by atoms with E-state index in [1.165, 1.54) is 30.0 Å². The first-order valence-corrected chi connectivity index (χ1v) is 16.0. The van der Waals surface area contributed by atoms with E-state index in [0.717, 1.165) is 17.7 Å². The molecule has 0 unspecified atom stereocenters. The molecule has 4 N–H and O–H groups in total. The highest BCUT2D eigenvalue weighted by molar-refractivity contribution is 9.10. The third-order valence-corrected chi connectivity index (χ3v) is 8.87. The van der Waals surface area contributed by atoms with E-state index in [1.807, 2.05) is 0 Å². The van der Waals surface area contributed by atoms with Gasteiger partial charge >= 0.3 is 19.2 Å². The molecule has 0 fully saturated rings. The number of hydrogen-bond acceptors (Lipinski definition) is 5. The van der Waals surface area contributed by atoms with Gasteiger partial charge < -0.3 is 9.79 Å². The number of phosphoric acid groups is 1. The number of halogens is 6. The maximum absolute atomic E-state index is 14.3. The average molecular weight is 723 g/mol. The largest absolute Gasteiger partial charge is 0.474 e. The summed E-state index contributed by atoms with van der Waals surface area (Å²) in [5.74, 6) is 0.941. The van der Waals surface area contributed by atoms with Gasteiger partial charge in [0.25, 0.3) is 10.0 Å². The van der Waals surface area contributed by atoms with Crippen molar-refractivity contribution in [2.45, 2.75) is 22.9 Å². The Kier molecular flexibility index (Phi) is 9.60. The molecule has 0 aromatic heterocycles. The summed E-state index contributed by atoms with van der Waals surface area (Å²) in [5.41, 5.74) is 0.949. The van der Waals surface area contributed by atoms with Gasteiger partial charge in [0.2, 0.25) is 0 Å². The van der Waals surface area contributed by atoms with Crippen LogP contribution in [0.1, 0.15) is 22.3 Å². The molecule has 16 heteroatoms. The van der Waals surface area contributed by atoms with Gasteiger partial charge in [0, 0.05) is 20.5 Å². The number of sulfonamides is 1. The summed E-state index contributed by atoms with van der Waals surface area (Å²) in [5, 5.41) is 0.413. The van der Waals surface area contributed by atoms with Crippen LogP contribution in [0.3, 0.4) is 0 Å². The molecule has 0 radical (unpaired) electrons. The minimum absolute atomic E-state index is 0.0831. The number of alkyl halides is 4. The SMILES string of the molecule is NS(=O)(=O)C(F)(F)c1cc(-c2ccc(CSCc3ccc(C(F)(F)OP(=O)(O)O)c(Br)c3)cc2)ccc1Br. The molecule has 206 valence electrons. The fourth-order valence-electron chi connectivity index (χ4n) is 3.24. The lowest BCUT2D eigenvalue weighted by molar-refractivity contribution is -0.196. The fraction of sp³-hybridized carbons (Fsp3) is 0.182. The Morgan fingerprint density at radius 1 is 0.842 bits per heavy atom. The molecule has 0 atom stereocenters. The molecule has 38 heavy (non-hydrogen) atoms. The minimum Gasteiger partial charge on any atom is -0.303 e. The van der Waals surface area contributed by atoms with Crippen LogP contribution in [0.5, 0.6) is 0 Å². The highest BCUT2D eigenvalue weighted by Crippen LogP contribution is 2.48. The summed E-state index contributed by atoms with van der Waals surface area (Å²) in [4.78, 5) is 17.4. The van der Waals surface area contributed by atoms with E-state index in [4.69, 9.17) is 14.9 Å². The van der Waals surface area contributed by atoms with Crippen LogP contribution < -0.4 is 5.14 Å². The highest BCUT2D eigenvalue weighted by atomic mass is 79.9. The average Bonchev–Trinajstić information content (AvgIpc) is 2.77. The van der Waals surface area contributed by atoms with Crippen molar-refractivity contribution in [1.82, 2.24) is 0 Å². The van der Waals surface area contributed by atoms with Crippen molar-refractivity contribution in [3.05, 3.63) is 91.9 Å². The Morgan fingerprint density at radius 3 is 1.95 bits per heavy atom. The van der Waals surface area contributed by atoms with Crippen LogP contribution in [0.2, 0.25) is 0 Å². The van der Waals surface area contributed by atoms with E-state index >= 15 is 0 Å². The van der Waals surface area contributed by atoms with Gasteiger partial charge in [0.1, 0.15) is 0 Å². The topological polar surface area (TPSA) is 127 Å². The second kappa shape index (κ2) is 11.7. The van der Waals surface area contributed by atoms with Gasteiger partial charge in [-0.15, -0.1) is 0 Å². The molecule has 0 aliphatic heterocycles. The Morgan fingerprint density at radius 2 is 1.39 bits per heavy atom. The molecule has 0 spiro atoms. The van der Waals surface area contributed by atoms with Crippen LogP contribution in [-0.2, 0) is 42.0 Å². The molecule has 3 aromatic rings. The zero-order valence-electron chi connectivity index (χ0n) is 18.8. The van der Waals surface area contributed by atoms with Crippen LogP contribution in [0.15, 0.2) is 69.6 Å². The molecular formula is C22H18Br2F4NO6PS2. The van der Waals surface area contributed by atoms with Gasteiger partial charge in [-0.25, -0.2) is 22.6 Å². The zero-order chi connectivity index (χ0) is 28.5. The van der Waals surface area contributed by atoms with Gasteiger partial charge in [-0.2, -0.15) is 29.3 Å². The molecule has 0 amide bonds. The first-order valence-electron chi connectivity index (χ1n) is 10.2. The minimum atomic E-state index is -5.42. The summed E-state index contributed by atoms with van der Waals surface area (Å²) in [6.07, 6.45) is -4.20. The predicted molar refractivity (Wildman–Crippen MR) is 143 cm³/mol. The van der Waals surface area contributed by atoms with Crippen molar-refractivity contribution in [2.75, 3.05) is 0 Å². The highest BCUT2D eigenvalue weighted by Gasteiger charge is 2.46. The third kappa shape index (κ3) is 7.67. The molecule has 0 bridgehead atoms. The summed E-state index contributed by atoms with van der Waals surface area (Å²) in [6, 6.07) is 14.6. The normalized spacial score (nSPS) is 13.1. The summed E-state index contributed by atoms with van der Waals surface area (Å²) in [6.45, 7) is 0. The van der Waals surface area contributed by atoms with Gasteiger partial charge in [0.15, 0.2) is 0 Å². The monoisotopic (exact) mass is 721 g/mol. The summed E-state index contributed by atoms with van der Waals surface area (Å²) in [7, 11) is -10.6. The fourth-order valence-corrected chi connectivity index (χ4v) is 6.35. The van der Waals surface area contributed by atoms with Crippen molar-refractivity contribution >= 4 is 61.5 Å². The van der Waals surface area contributed by atoms with E-state index in [1.54, 1.807) is 30.3 Å².